The fourth-order valence-corrected chi connectivity index (χ4v) is 2.79. The Kier molecular flexibility index (Phi) is 6.14. The molecule has 1 aromatic rings. The molecule has 0 aliphatic carbocycles. The van der Waals surface area contributed by atoms with Crippen molar-refractivity contribution in [3.63, 3.8) is 0 Å². The topological polar surface area (TPSA) is 58.4 Å². The van der Waals surface area contributed by atoms with Gasteiger partial charge in [-0.1, -0.05) is 25.0 Å². The van der Waals surface area contributed by atoms with Crippen LogP contribution < -0.4 is 5.32 Å². The first-order valence-electron chi connectivity index (χ1n) is 7.84. The smallest absolute Gasteiger partial charge is 0.272 e. The van der Waals surface area contributed by atoms with E-state index in [0.717, 1.165) is 18.7 Å². The van der Waals surface area contributed by atoms with Gasteiger partial charge in [0.15, 0.2) is 0 Å². The molecule has 1 aromatic carbocycles. The fraction of sp³-hybridized carbons (Fsp3) is 0.625. The van der Waals surface area contributed by atoms with Crippen LogP contribution in [-0.4, -0.2) is 36.0 Å². The molecule has 0 aromatic heterocycles. The SMILES string of the molecule is Cc1ccc(CNCCN2CCCCCC2)cc1[N+](=O)[O-]. The van der Waals surface area contributed by atoms with Crippen LogP contribution in [0.1, 0.15) is 36.8 Å². The van der Waals surface area contributed by atoms with E-state index >= 15 is 0 Å². The van der Waals surface area contributed by atoms with Gasteiger partial charge in [0.1, 0.15) is 0 Å². The molecule has 0 unspecified atom stereocenters. The van der Waals surface area contributed by atoms with Crippen LogP contribution in [0, 0.1) is 17.0 Å². The van der Waals surface area contributed by atoms with Gasteiger partial charge in [-0.3, -0.25) is 10.1 Å². The molecular weight excluding hydrogens is 266 g/mol. The molecule has 0 radical (unpaired) electrons. The van der Waals surface area contributed by atoms with E-state index in [1.54, 1.807) is 13.0 Å². The van der Waals surface area contributed by atoms with Gasteiger partial charge in [-0.15, -0.1) is 0 Å². The number of benzene rings is 1. The lowest BCUT2D eigenvalue weighted by Gasteiger charge is -2.19. The average Bonchev–Trinajstić information content (AvgIpc) is 2.73. The molecule has 5 heteroatoms. The zero-order valence-electron chi connectivity index (χ0n) is 12.8. The van der Waals surface area contributed by atoms with Crippen molar-refractivity contribution in [1.82, 2.24) is 10.2 Å². The maximum Gasteiger partial charge on any atom is 0.272 e. The maximum atomic E-state index is 10.9. The Morgan fingerprint density at radius 1 is 1.24 bits per heavy atom. The van der Waals surface area contributed by atoms with Crippen molar-refractivity contribution in [3.05, 3.63) is 39.4 Å². The molecule has 116 valence electrons. The molecule has 0 bridgehead atoms. The van der Waals surface area contributed by atoms with E-state index < -0.39 is 0 Å². The van der Waals surface area contributed by atoms with Gasteiger partial charge in [-0.25, -0.2) is 0 Å². The van der Waals surface area contributed by atoms with Crippen molar-refractivity contribution in [1.29, 1.82) is 0 Å². The van der Waals surface area contributed by atoms with Gasteiger partial charge >= 0.3 is 0 Å². The second kappa shape index (κ2) is 8.10. The van der Waals surface area contributed by atoms with E-state index in [1.807, 2.05) is 12.1 Å². The summed E-state index contributed by atoms with van der Waals surface area (Å²) in [4.78, 5) is 13.1. The molecule has 1 aliphatic rings. The summed E-state index contributed by atoms with van der Waals surface area (Å²) in [7, 11) is 0. The van der Waals surface area contributed by atoms with Gasteiger partial charge in [0, 0.05) is 31.3 Å². The Balaban J connectivity index is 1.75. The number of aryl methyl sites for hydroxylation is 1. The first kappa shape index (κ1) is 15.9. The summed E-state index contributed by atoms with van der Waals surface area (Å²) in [5, 5.41) is 14.3. The predicted octanol–water partition coefficient (Wildman–Crippen LogP) is 2.87. The van der Waals surface area contributed by atoms with E-state index in [2.05, 4.69) is 10.2 Å². The van der Waals surface area contributed by atoms with E-state index in [9.17, 15) is 10.1 Å². The summed E-state index contributed by atoms with van der Waals surface area (Å²) in [6.45, 7) is 6.87. The summed E-state index contributed by atoms with van der Waals surface area (Å²) < 4.78 is 0. The highest BCUT2D eigenvalue weighted by Gasteiger charge is 2.11. The summed E-state index contributed by atoms with van der Waals surface area (Å²) in [6.07, 6.45) is 5.34. The maximum absolute atomic E-state index is 10.9. The van der Waals surface area contributed by atoms with Gasteiger partial charge in [-0.2, -0.15) is 0 Å². The fourth-order valence-electron chi connectivity index (χ4n) is 2.79. The Labute approximate surface area is 126 Å². The highest BCUT2D eigenvalue weighted by atomic mass is 16.6. The molecule has 1 N–H and O–H groups in total. The third-order valence-electron chi connectivity index (χ3n) is 4.10. The summed E-state index contributed by atoms with van der Waals surface area (Å²) >= 11 is 0. The molecule has 5 nitrogen and oxygen atoms in total. The predicted molar refractivity (Wildman–Crippen MR) is 84.4 cm³/mol. The largest absolute Gasteiger partial charge is 0.311 e. The summed E-state index contributed by atoms with van der Waals surface area (Å²) in [5.74, 6) is 0. The number of likely N-dealkylation sites (tertiary alicyclic amines) is 1. The minimum atomic E-state index is -0.309. The number of nitrogens with one attached hydrogen (secondary N) is 1. The number of hydrogen-bond acceptors (Lipinski definition) is 4. The monoisotopic (exact) mass is 291 g/mol. The molecule has 1 fully saturated rings. The minimum Gasteiger partial charge on any atom is -0.311 e. The molecule has 0 amide bonds. The van der Waals surface area contributed by atoms with Crippen molar-refractivity contribution in [2.24, 2.45) is 0 Å². The van der Waals surface area contributed by atoms with E-state index in [0.29, 0.717) is 12.1 Å². The van der Waals surface area contributed by atoms with Gasteiger partial charge in [0.25, 0.3) is 5.69 Å². The standard InChI is InChI=1S/C16H25N3O2/c1-14-6-7-15(12-16(14)19(20)21)13-17-8-11-18-9-4-2-3-5-10-18/h6-7,12,17H,2-5,8-11,13H2,1H3. The molecule has 0 saturated carbocycles. The highest BCUT2D eigenvalue weighted by Crippen LogP contribution is 2.19. The molecular formula is C16H25N3O2. The Morgan fingerprint density at radius 3 is 2.62 bits per heavy atom. The van der Waals surface area contributed by atoms with Crippen LogP contribution in [0.5, 0.6) is 0 Å². The average molecular weight is 291 g/mol. The Bertz CT molecular complexity index is 469. The first-order valence-corrected chi connectivity index (χ1v) is 7.84. The lowest BCUT2D eigenvalue weighted by atomic mass is 10.1. The molecule has 1 aliphatic heterocycles. The molecule has 1 saturated heterocycles. The van der Waals surface area contributed by atoms with Gasteiger partial charge in [-0.05, 0) is 38.4 Å². The van der Waals surface area contributed by atoms with Crippen LogP contribution in [0.3, 0.4) is 0 Å². The van der Waals surface area contributed by atoms with E-state index in [1.165, 1.54) is 38.8 Å². The number of rotatable bonds is 6. The number of hydrogen-bond donors (Lipinski definition) is 1. The van der Waals surface area contributed by atoms with Crippen LogP contribution in [0.4, 0.5) is 5.69 Å². The third-order valence-corrected chi connectivity index (χ3v) is 4.10. The molecule has 0 spiro atoms. The quantitative estimate of drug-likeness (QED) is 0.497. The van der Waals surface area contributed by atoms with Crippen LogP contribution in [0.2, 0.25) is 0 Å². The highest BCUT2D eigenvalue weighted by molar-refractivity contribution is 5.42. The number of nitrogens with zero attached hydrogens (tertiary/aromatic N) is 2. The Hall–Kier alpha value is -1.46. The van der Waals surface area contributed by atoms with Crippen LogP contribution in [-0.2, 0) is 6.54 Å². The second-order valence-electron chi connectivity index (χ2n) is 5.81. The van der Waals surface area contributed by atoms with Crippen molar-refractivity contribution >= 4 is 5.69 Å². The van der Waals surface area contributed by atoms with Crippen molar-refractivity contribution in [2.45, 2.75) is 39.2 Å². The van der Waals surface area contributed by atoms with Gasteiger partial charge in [0.2, 0.25) is 0 Å². The zero-order valence-corrected chi connectivity index (χ0v) is 12.8. The second-order valence-corrected chi connectivity index (χ2v) is 5.81. The normalized spacial score (nSPS) is 16.6. The molecule has 2 rings (SSSR count). The molecule has 1 heterocycles. The minimum absolute atomic E-state index is 0.210. The summed E-state index contributed by atoms with van der Waals surface area (Å²) in [6, 6.07) is 5.46. The van der Waals surface area contributed by atoms with Crippen LogP contribution >= 0.6 is 0 Å². The van der Waals surface area contributed by atoms with Crippen molar-refractivity contribution in [3.8, 4) is 0 Å². The van der Waals surface area contributed by atoms with E-state index in [4.69, 9.17) is 0 Å². The molecule has 21 heavy (non-hydrogen) atoms. The van der Waals surface area contributed by atoms with Crippen LogP contribution in [0.15, 0.2) is 18.2 Å². The number of nitro benzene ring substituents is 1. The van der Waals surface area contributed by atoms with Crippen LogP contribution in [0.25, 0.3) is 0 Å². The lowest BCUT2D eigenvalue weighted by molar-refractivity contribution is -0.385. The Morgan fingerprint density at radius 2 is 1.95 bits per heavy atom. The first-order chi connectivity index (χ1) is 10.2. The summed E-state index contributed by atoms with van der Waals surface area (Å²) in [5.41, 5.74) is 1.90. The number of nitro groups is 1. The lowest BCUT2D eigenvalue weighted by Crippen LogP contribution is -2.32. The van der Waals surface area contributed by atoms with Gasteiger partial charge < -0.3 is 10.2 Å². The van der Waals surface area contributed by atoms with Crippen molar-refractivity contribution < 1.29 is 4.92 Å². The van der Waals surface area contributed by atoms with Gasteiger partial charge in [0.05, 0.1) is 4.92 Å². The third kappa shape index (κ3) is 5.10. The molecule has 0 atom stereocenters. The van der Waals surface area contributed by atoms with Crippen molar-refractivity contribution in [2.75, 3.05) is 26.2 Å². The zero-order chi connectivity index (χ0) is 15.1. The van der Waals surface area contributed by atoms with E-state index in [-0.39, 0.29) is 10.6 Å².